The molecule has 1 N–H and O–H groups in total. The van der Waals surface area contributed by atoms with Gasteiger partial charge in [0.05, 0.1) is 12.3 Å². The van der Waals surface area contributed by atoms with Crippen molar-refractivity contribution in [3.8, 4) is 5.75 Å². The fourth-order valence-electron chi connectivity index (χ4n) is 2.65. The van der Waals surface area contributed by atoms with E-state index in [9.17, 15) is 9.59 Å². The van der Waals surface area contributed by atoms with E-state index in [0.717, 1.165) is 5.56 Å². The molecule has 2 rings (SSSR count). The minimum absolute atomic E-state index is 0.233. The molecule has 0 spiro atoms. The van der Waals surface area contributed by atoms with Crippen molar-refractivity contribution in [3.05, 3.63) is 54.4 Å². The number of likely N-dealkylation sites (N-methyl/N-ethyl adjacent to an activating group) is 1. The van der Waals surface area contributed by atoms with Crippen LogP contribution < -0.4 is 10.1 Å². The number of pyridine rings is 1. The normalized spacial score (nSPS) is 11.0. The minimum Gasteiger partial charge on any atom is -0.492 e. The molecule has 0 unspecified atom stereocenters. The lowest BCUT2D eigenvalue weighted by molar-refractivity contribution is -0.145. The Balaban J connectivity index is 2.02. The van der Waals surface area contributed by atoms with Gasteiger partial charge in [0.2, 0.25) is 11.8 Å². The molecule has 0 fully saturated rings. The molecule has 0 bridgehead atoms. The number of nitrogens with zero attached hydrogens (tertiary/aromatic N) is 2. The van der Waals surface area contributed by atoms with Crippen molar-refractivity contribution in [3.63, 3.8) is 0 Å². The fourth-order valence-corrected chi connectivity index (χ4v) is 2.65. The number of carbonyl (C=O) groups is 2. The first-order chi connectivity index (χ1) is 12.9. The number of aromatic nitrogens is 1. The van der Waals surface area contributed by atoms with Crippen molar-refractivity contribution >= 4 is 17.5 Å². The van der Waals surface area contributed by atoms with E-state index in [-0.39, 0.29) is 11.8 Å². The number of hydrogen-bond donors (Lipinski definition) is 1. The predicted octanol–water partition coefficient (Wildman–Crippen LogP) is 3.15. The van der Waals surface area contributed by atoms with Crippen molar-refractivity contribution in [2.24, 2.45) is 5.41 Å². The van der Waals surface area contributed by atoms with E-state index in [1.807, 2.05) is 31.2 Å². The van der Waals surface area contributed by atoms with Gasteiger partial charge in [-0.1, -0.05) is 12.1 Å². The SMILES string of the molecule is CCOc1ccccc1NC(=O)C(C)(C)C(=O)N(C)CCc1ccncc1. The van der Waals surface area contributed by atoms with E-state index < -0.39 is 5.41 Å². The molecular weight excluding hydrogens is 342 g/mol. The Labute approximate surface area is 160 Å². The second-order valence-electron chi connectivity index (χ2n) is 6.84. The van der Waals surface area contributed by atoms with E-state index in [1.54, 1.807) is 50.3 Å². The maximum atomic E-state index is 12.8. The van der Waals surface area contributed by atoms with Gasteiger partial charge >= 0.3 is 0 Å². The number of anilines is 1. The van der Waals surface area contributed by atoms with Gasteiger partial charge in [-0.05, 0) is 57.0 Å². The summed E-state index contributed by atoms with van der Waals surface area (Å²) in [6.45, 7) is 6.17. The molecule has 2 aromatic rings. The Morgan fingerprint density at radius 1 is 1.15 bits per heavy atom. The molecule has 0 saturated heterocycles. The standard InChI is InChI=1S/C21H27N3O3/c1-5-27-18-9-7-6-8-17(18)23-19(25)21(2,3)20(26)24(4)15-12-16-10-13-22-14-11-16/h6-11,13-14H,5,12,15H2,1-4H3,(H,23,25). The second-order valence-corrected chi connectivity index (χ2v) is 6.84. The molecule has 1 aromatic heterocycles. The topological polar surface area (TPSA) is 71.5 Å². The first-order valence-corrected chi connectivity index (χ1v) is 9.04. The molecule has 6 heteroatoms. The van der Waals surface area contributed by atoms with Crippen LogP contribution in [-0.4, -0.2) is 41.9 Å². The zero-order chi connectivity index (χ0) is 19.9. The molecule has 27 heavy (non-hydrogen) atoms. The lowest BCUT2D eigenvalue weighted by atomic mass is 9.90. The van der Waals surface area contributed by atoms with Crippen LogP contribution >= 0.6 is 0 Å². The van der Waals surface area contributed by atoms with Crippen molar-refractivity contribution in [2.45, 2.75) is 27.2 Å². The maximum Gasteiger partial charge on any atom is 0.239 e. The molecular formula is C21H27N3O3. The monoisotopic (exact) mass is 369 g/mol. The lowest BCUT2D eigenvalue weighted by Gasteiger charge is -2.28. The van der Waals surface area contributed by atoms with Gasteiger partial charge in [-0.25, -0.2) is 0 Å². The highest BCUT2D eigenvalue weighted by atomic mass is 16.5. The number of nitrogens with one attached hydrogen (secondary N) is 1. The van der Waals surface area contributed by atoms with Gasteiger partial charge in [0.1, 0.15) is 11.2 Å². The first kappa shape index (κ1) is 20.4. The smallest absolute Gasteiger partial charge is 0.239 e. The largest absolute Gasteiger partial charge is 0.492 e. The Morgan fingerprint density at radius 2 is 1.81 bits per heavy atom. The molecule has 1 heterocycles. The summed E-state index contributed by atoms with van der Waals surface area (Å²) in [6, 6.07) is 11.0. The average molecular weight is 369 g/mol. The quantitative estimate of drug-likeness (QED) is 0.726. The molecule has 0 aliphatic rings. The Hall–Kier alpha value is -2.89. The molecule has 6 nitrogen and oxygen atoms in total. The third-order valence-electron chi connectivity index (χ3n) is 4.37. The van der Waals surface area contributed by atoms with Gasteiger partial charge in [0.15, 0.2) is 0 Å². The van der Waals surface area contributed by atoms with Crippen molar-refractivity contribution in [2.75, 3.05) is 25.5 Å². The van der Waals surface area contributed by atoms with Gasteiger partial charge in [0, 0.05) is 26.0 Å². The average Bonchev–Trinajstić information content (AvgIpc) is 2.68. The van der Waals surface area contributed by atoms with E-state index >= 15 is 0 Å². The summed E-state index contributed by atoms with van der Waals surface area (Å²) in [6.07, 6.45) is 4.16. The molecule has 2 amide bonds. The highest BCUT2D eigenvalue weighted by molar-refractivity contribution is 6.10. The van der Waals surface area contributed by atoms with Crippen molar-refractivity contribution in [1.82, 2.24) is 9.88 Å². The van der Waals surface area contributed by atoms with Crippen LogP contribution in [0.25, 0.3) is 0 Å². The van der Waals surface area contributed by atoms with Gasteiger partial charge in [-0.15, -0.1) is 0 Å². The van der Waals surface area contributed by atoms with Crippen LogP contribution in [-0.2, 0) is 16.0 Å². The highest BCUT2D eigenvalue weighted by Crippen LogP contribution is 2.27. The molecule has 0 radical (unpaired) electrons. The Kier molecular flexibility index (Phi) is 6.93. The molecule has 0 saturated carbocycles. The zero-order valence-corrected chi connectivity index (χ0v) is 16.4. The summed E-state index contributed by atoms with van der Waals surface area (Å²) in [4.78, 5) is 31.2. The number of hydrogen-bond acceptors (Lipinski definition) is 4. The van der Waals surface area contributed by atoms with E-state index in [2.05, 4.69) is 10.3 Å². The fraction of sp³-hybridized carbons (Fsp3) is 0.381. The number of amides is 2. The predicted molar refractivity (Wildman–Crippen MR) is 106 cm³/mol. The van der Waals surface area contributed by atoms with Crippen molar-refractivity contribution < 1.29 is 14.3 Å². The van der Waals surface area contributed by atoms with Crippen LogP contribution in [0, 0.1) is 5.41 Å². The Bertz CT molecular complexity index is 775. The lowest BCUT2D eigenvalue weighted by Crippen LogP contribution is -2.46. The van der Waals surface area contributed by atoms with Crippen LogP contribution in [0.5, 0.6) is 5.75 Å². The van der Waals surface area contributed by atoms with Crippen LogP contribution in [0.15, 0.2) is 48.8 Å². The molecule has 0 aliphatic carbocycles. The number of ether oxygens (including phenoxy) is 1. The number of para-hydroxylation sites is 2. The van der Waals surface area contributed by atoms with Crippen LogP contribution in [0.2, 0.25) is 0 Å². The van der Waals surface area contributed by atoms with Crippen molar-refractivity contribution in [1.29, 1.82) is 0 Å². The second kappa shape index (κ2) is 9.16. The summed E-state index contributed by atoms with van der Waals surface area (Å²) in [7, 11) is 1.71. The van der Waals surface area contributed by atoms with Gasteiger partial charge in [-0.3, -0.25) is 14.6 Å². The molecule has 1 aromatic carbocycles. The number of benzene rings is 1. The van der Waals surface area contributed by atoms with Gasteiger partial charge in [-0.2, -0.15) is 0 Å². The van der Waals surface area contributed by atoms with Gasteiger partial charge < -0.3 is 15.0 Å². The Morgan fingerprint density at radius 3 is 2.48 bits per heavy atom. The van der Waals surface area contributed by atoms with E-state index in [1.165, 1.54) is 0 Å². The summed E-state index contributed by atoms with van der Waals surface area (Å²) in [5.41, 5.74) is 0.453. The molecule has 144 valence electrons. The minimum atomic E-state index is -1.20. The highest BCUT2D eigenvalue weighted by Gasteiger charge is 2.38. The van der Waals surface area contributed by atoms with Gasteiger partial charge in [0.25, 0.3) is 0 Å². The van der Waals surface area contributed by atoms with E-state index in [4.69, 9.17) is 4.74 Å². The van der Waals surface area contributed by atoms with E-state index in [0.29, 0.717) is 31.0 Å². The molecule has 0 atom stereocenters. The first-order valence-electron chi connectivity index (χ1n) is 9.04. The summed E-state index contributed by atoms with van der Waals surface area (Å²) >= 11 is 0. The van der Waals surface area contributed by atoms with Crippen LogP contribution in [0.3, 0.4) is 0 Å². The number of carbonyl (C=O) groups excluding carboxylic acids is 2. The molecule has 0 aliphatic heterocycles. The third kappa shape index (κ3) is 5.29. The maximum absolute atomic E-state index is 12.8. The summed E-state index contributed by atoms with van der Waals surface area (Å²) in [5.74, 6) is -0.0130. The summed E-state index contributed by atoms with van der Waals surface area (Å²) < 4.78 is 5.53. The summed E-state index contributed by atoms with van der Waals surface area (Å²) in [5, 5.41) is 2.83. The number of rotatable bonds is 8. The third-order valence-corrected chi connectivity index (χ3v) is 4.37. The van der Waals surface area contributed by atoms with Crippen LogP contribution in [0.1, 0.15) is 26.3 Å². The van der Waals surface area contributed by atoms with Crippen LogP contribution in [0.4, 0.5) is 5.69 Å². The zero-order valence-electron chi connectivity index (χ0n) is 16.4.